The van der Waals surface area contributed by atoms with Crippen LogP contribution in [0.4, 0.5) is 0 Å². The third-order valence-corrected chi connectivity index (χ3v) is 8.61. The first-order valence-corrected chi connectivity index (χ1v) is 16.5. The molecule has 4 heterocycles. The van der Waals surface area contributed by atoms with Crippen LogP contribution < -0.4 is 9.30 Å². The topological polar surface area (TPSA) is 48.8 Å². The Labute approximate surface area is 310 Å². The average molecular weight is 837 g/mol. The standard InChI is InChI=1S/C43H37N5O.Pt/c1-29(2)23-30-19-21-45-42(24-30)48-37-14-7-6-13-35(37)36-18-17-33(26-40(36)48)49-34-20-22-44-41(27-34)47-28-46(38-15-8-9-16-39(38)47)32-12-10-11-31(25-32)43(3,4)5;/h6-22,24-25,29H,23H2,1-5H3;/q-2;/i23D2;. The molecule has 8 aromatic rings. The van der Waals surface area contributed by atoms with Crippen molar-refractivity contribution in [2.75, 3.05) is 0 Å². The maximum Gasteiger partial charge on any atom is 0.269 e. The molecule has 0 fully saturated rings. The molecule has 0 unspecified atom stereocenters. The number of hydrogen-bond donors (Lipinski definition) is 0. The summed E-state index contributed by atoms with van der Waals surface area (Å²) in [6, 6.07) is 41.0. The Hall–Kier alpha value is -5.06. The first kappa shape index (κ1) is 31.0. The van der Waals surface area contributed by atoms with Gasteiger partial charge in [0, 0.05) is 41.3 Å². The van der Waals surface area contributed by atoms with E-state index < -0.39 is 6.37 Å². The normalized spacial score (nSPS) is 12.7. The quantitative estimate of drug-likeness (QED) is 0.119. The first-order valence-electron chi connectivity index (χ1n) is 17.5. The Morgan fingerprint density at radius 1 is 0.800 bits per heavy atom. The van der Waals surface area contributed by atoms with E-state index in [1.54, 1.807) is 24.5 Å². The van der Waals surface area contributed by atoms with E-state index in [1.165, 1.54) is 5.56 Å². The summed E-state index contributed by atoms with van der Waals surface area (Å²) in [6.07, 6.45) is 5.39. The van der Waals surface area contributed by atoms with Crippen molar-refractivity contribution in [3.63, 3.8) is 0 Å². The molecule has 0 spiro atoms. The Kier molecular flexibility index (Phi) is 8.26. The maximum absolute atomic E-state index is 8.72. The van der Waals surface area contributed by atoms with E-state index in [0.29, 0.717) is 28.7 Å². The predicted molar refractivity (Wildman–Crippen MR) is 195 cm³/mol. The van der Waals surface area contributed by atoms with Crippen molar-refractivity contribution in [1.29, 1.82) is 0 Å². The Morgan fingerprint density at radius 2 is 1.56 bits per heavy atom. The zero-order valence-electron chi connectivity index (χ0n) is 30.5. The van der Waals surface area contributed by atoms with Gasteiger partial charge in [-0.05, 0) is 70.3 Å². The number of rotatable bonds is 7. The van der Waals surface area contributed by atoms with Crippen molar-refractivity contribution in [2.45, 2.75) is 46.4 Å². The van der Waals surface area contributed by atoms with Crippen LogP contribution in [-0.2, 0) is 32.9 Å². The number of nitrogens with zero attached hydrogens (tertiary/aromatic N) is 5. The minimum absolute atomic E-state index is 0. The van der Waals surface area contributed by atoms with Crippen LogP contribution >= 0.6 is 0 Å². The fraction of sp³-hybridized carbons (Fsp3) is 0.186. The van der Waals surface area contributed by atoms with E-state index in [9.17, 15) is 0 Å². The van der Waals surface area contributed by atoms with Gasteiger partial charge in [-0.1, -0.05) is 101 Å². The number of ether oxygens (including phenoxy) is 1. The molecule has 7 heteroatoms. The monoisotopic (exact) mass is 836 g/mol. The Morgan fingerprint density at radius 3 is 2.38 bits per heavy atom. The van der Waals surface area contributed by atoms with Gasteiger partial charge in [0.05, 0.1) is 22.5 Å². The molecule has 0 N–H and O–H groups in total. The second kappa shape index (κ2) is 13.3. The van der Waals surface area contributed by atoms with Crippen LogP contribution in [-0.4, -0.2) is 19.1 Å². The zero-order chi connectivity index (χ0) is 35.5. The van der Waals surface area contributed by atoms with Crippen molar-refractivity contribution in [3.05, 3.63) is 145 Å². The first-order chi connectivity index (χ1) is 24.5. The largest absolute Gasteiger partial charge is 0.522 e. The van der Waals surface area contributed by atoms with Crippen molar-refractivity contribution >= 4 is 32.8 Å². The molecule has 0 radical (unpaired) electrons. The summed E-state index contributed by atoms with van der Waals surface area (Å²) < 4.78 is 29.8. The van der Waals surface area contributed by atoms with E-state index in [0.717, 1.165) is 38.5 Å². The van der Waals surface area contributed by atoms with Crippen LogP contribution in [0.15, 0.2) is 116 Å². The van der Waals surface area contributed by atoms with Crippen LogP contribution in [0.5, 0.6) is 11.5 Å². The molecule has 252 valence electrons. The van der Waals surface area contributed by atoms with Gasteiger partial charge in [-0.25, -0.2) is 4.98 Å². The van der Waals surface area contributed by atoms with E-state index >= 15 is 0 Å². The van der Waals surface area contributed by atoms with E-state index in [-0.39, 0.29) is 32.4 Å². The number of benzene rings is 4. The summed E-state index contributed by atoms with van der Waals surface area (Å²) in [5.41, 5.74) is 6.51. The van der Waals surface area contributed by atoms with Crippen molar-refractivity contribution < 1.29 is 33.1 Å². The third kappa shape index (κ3) is 6.25. The molecule has 0 atom stereocenters. The Balaban J connectivity index is 0.00000420. The molecule has 4 aromatic carbocycles. The van der Waals surface area contributed by atoms with Gasteiger partial charge in [0.1, 0.15) is 5.82 Å². The molecule has 0 bridgehead atoms. The number of fused-ring (bicyclic) bond motifs is 4. The van der Waals surface area contributed by atoms with Gasteiger partial charge >= 0.3 is 0 Å². The molecule has 0 aliphatic carbocycles. The summed E-state index contributed by atoms with van der Waals surface area (Å²) in [5.74, 6) is 1.95. The summed E-state index contributed by atoms with van der Waals surface area (Å²) in [5, 5.41) is 2.04. The van der Waals surface area contributed by atoms with Gasteiger partial charge < -0.3 is 9.30 Å². The predicted octanol–water partition coefficient (Wildman–Crippen LogP) is 9.48. The molecule has 0 saturated heterocycles. The second-order valence-corrected chi connectivity index (χ2v) is 13.6. The number of para-hydroxylation sites is 3. The minimum atomic E-state index is -1.51. The molecule has 0 saturated carbocycles. The minimum Gasteiger partial charge on any atom is -0.522 e. The summed E-state index contributed by atoms with van der Waals surface area (Å²) in [6.45, 7) is 10.4. The van der Waals surface area contributed by atoms with Gasteiger partial charge in [0.25, 0.3) is 6.33 Å². The molecule has 0 aliphatic heterocycles. The molecular weight excluding hydrogens is 798 g/mol. The van der Waals surface area contributed by atoms with Crippen LogP contribution in [0.3, 0.4) is 0 Å². The number of pyridine rings is 2. The maximum atomic E-state index is 8.72. The van der Waals surface area contributed by atoms with Gasteiger partial charge in [-0.2, -0.15) is 18.2 Å². The third-order valence-electron chi connectivity index (χ3n) is 8.61. The van der Waals surface area contributed by atoms with Crippen molar-refractivity contribution in [3.8, 4) is 28.8 Å². The average Bonchev–Trinajstić information content (AvgIpc) is 3.68. The van der Waals surface area contributed by atoms with Crippen molar-refractivity contribution in [2.24, 2.45) is 5.92 Å². The smallest absolute Gasteiger partial charge is 0.269 e. The van der Waals surface area contributed by atoms with Crippen molar-refractivity contribution in [1.82, 2.24) is 19.1 Å². The van der Waals surface area contributed by atoms with Crippen LogP contribution in [0.2, 0.25) is 0 Å². The fourth-order valence-corrected chi connectivity index (χ4v) is 6.31. The molecule has 0 amide bonds. The second-order valence-electron chi connectivity index (χ2n) is 13.6. The molecule has 0 aliphatic rings. The summed E-state index contributed by atoms with van der Waals surface area (Å²) in [7, 11) is 0. The van der Waals surface area contributed by atoms with Crippen LogP contribution in [0, 0.1) is 24.4 Å². The van der Waals surface area contributed by atoms with Gasteiger partial charge in [-0.3, -0.25) is 14.1 Å². The molecule has 50 heavy (non-hydrogen) atoms. The number of imidazole rings is 1. The van der Waals surface area contributed by atoms with Crippen LogP contribution in [0.25, 0.3) is 50.2 Å². The SMILES string of the molecule is [2H]C([2H])(c1ccnc(-n2c3[c-]c(Oc4[c-]c(-n5[c-][n+](-c6cccc(C(C)(C)C)c6)c6ccccc65)ncc4)ccc3c3ccccc32)c1)C(C)C.[Pt]. The fourth-order valence-electron chi connectivity index (χ4n) is 6.31. The van der Waals surface area contributed by atoms with Crippen LogP contribution in [0.1, 0.15) is 48.5 Å². The molecular formula is C43H37N5OPt-2. The number of hydrogen-bond acceptors (Lipinski definition) is 3. The zero-order valence-corrected chi connectivity index (χ0v) is 30.8. The number of aromatic nitrogens is 5. The Bertz CT molecular complexity index is 2580. The van der Waals surface area contributed by atoms with Gasteiger partial charge in [0.2, 0.25) is 0 Å². The van der Waals surface area contributed by atoms with E-state index in [1.807, 2.05) is 71.5 Å². The summed E-state index contributed by atoms with van der Waals surface area (Å²) in [4.78, 5) is 9.36. The molecule has 6 nitrogen and oxygen atoms in total. The van der Waals surface area contributed by atoms with Gasteiger partial charge in [-0.15, -0.1) is 17.5 Å². The van der Waals surface area contributed by atoms with Gasteiger partial charge in [0.15, 0.2) is 0 Å². The van der Waals surface area contributed by atoms with E-state index in [2.05, 4.69) is 91.2 Å². The molecule has 8 rings (SSSR count). The summed E-state index contributed by atoms with van der Waals surface area (Å²) >= 11 is 0. The molecule has 4 aromatic heterocycles. The van der Waals surface area contributed by atoms with E-state index in [4.69, 9.17) is 12.5 Å².